The maximum Gasteiger partial charge on any atom is 0.264 e. The van der Waals surface area contributed by atoms with Crippen molar-refractivity contribution in [3.63, 3.8) is 0 Å². The van der Waals surface area contributed by atoms with Crippen molar-refractivity contribution in [1.29, 1.82) is 0 Å². The summed E-state index contributed by atoms with van der Waals surface area (Å²) in [5.41, 5.74) is 0.920. The Morgan fingerprint density at radius 3 is 2.43 bits per heavy atom. The van der Waals surface area contributed by atoms with Gasteiger partial charge in [-0.05, 0) is 66.2 Å². The highest BCUT2D eigenvalue weighted by molar-refractivity contribution is 7.12. The number of nitrogens with zero attached hydrogens (tertiary/aromatic N) is 1. The summed E-state index contributed by atoms with van der Waals surface area (Å²) in [5.74, 6) is 0.648. The topological polar surface area (TPSA) is 58.6 Å². The molecule has 0 aliphatic carbocycles. The van der Waals surface area contributed by atoms with Crippen molar-refractivity contribution in [2.45, 2.75) is 25.4 Å². The van der Waals surface area contributed by atoms with Gasteiger partial charge in [-0.1, -0.05) is 18.2 Å². The number of rotatable bonds is 6. The third-order valence-corrected chi connectivity index (χ3v) is 5.85. The standard InChI is InChI=1S/C23H21FN2O3S/c24-17-7-11-19(12-8-17)29-18-9-5-16(6-10-18)15-25-22(27)20-3-1-13-26(20)23(28)21-4-2-14-30-21/h2,4-12,14,20H,1,3,13,15H2,(H,25,27)/t20-/m1/s1. The first-order valence-corrected chi connectivity index (χ1v) is 10.6. The van der Waals surface area contributed by atoms with E-state index in [4.69, 9.17) is 4.74 Å². The van der Waals surface area contributed by atoms with E-state index in [-0.39, 0.29) is 17.6 Å². The van der Waals surface area contributed by atoms with Gasteiger partial charge in [-0.15, -0.1) is 11.3 Å². The molecule has 1 aromatic heterocycles. The highest BCUT2D eigenvalue weighted by atomic mass is 32.1. The average Bonchev–Trinajstić information content (AvgIpc) is 3.46. The fourth-order valence-electron chi connectivity index (χ4n) is 3.45. The molecular weight excluding hydrogens is 403 g/mol. The first-order chi connectivity index (χ1) is 14.6. The van der Waals surface area contributed by atoms with Crippen LogP contribution in [0.2, 0.25) is 0 Å². The van der Waals surface area contributed by atoms with Crippen LogP contribution < -0.4 is 10.1 Å². The molecule has 5 nitrogen and oxygen atoms in total. The van der Waals surface area contributed by atoms with Crippen molar-refractivity contribution in [2.75, 3.05) is 6.54 Å². The molecule has 154 valence electrons. The zero-order valence-electron chi connectivity index (χ0n) is 16.2. The van der Waals surface area contributed by atoms with Crippen LogP contribution in [0.1, 0.15) is 28.1 Å². The van der Waals surface area contributed by atoms with E-state index in [0.717, 1.165) is 12.0 Å². The molecule has 2 heterocycles. The van der Waals surface area contributed by atoms with Gasteiger partial charge in [-0.2, -0.15) is 0 Å². The molecule has 2 amide bonds. The van der Waals surface area contributed by atoms with E-state index in [1.807, 2.05) is 23.6 Å². The molecule has 4 rings (SSSR count). The van der Waals surface area contributed by atoms with Gasteiger partial charge in [0, 0.05) is 13.1 Å². The third-order valence-electron chi connectivity index (χ3n) is 4.99. The summed E-state index contributed by atoms with van der Waals surface area (Å²) >= 11 is 1.39. The molecule has 7 heteroatoms. The number of benzene rings is 2. The van der Waals surface area contributed by atoms with Crippen LogP contribution in [0.5, 0.6) is 11.5 Å². The summed E-state index contributed by atoms with van der Waals surface area (Å²) in [4.78, 5) is 27.6. The maximum absolute atomic E-state index is 13.0. The number of amides is 2. The largest absolute Gasteiger partial charge is 0.457 e. The van der Waals surface area contributed by atoms with Gasteiger partial charge < -0.3 is 15.0 Å². The van der Waals surface area contributed by atoms with Crippen molar-refractivity contribution >= 4 is 23.2 Å². The van der Waals surface area contributed by atoms with Gasteiger partial charge in [0.2, 0.25) is 5.91 Å². The normalized spacial score (nSPS) is 15.8. The molecule has 0 unspecified atom stereocenters. The van der Waals surface area contributed by atoms with Crippen molar-refractivity contribution in [1.82, 2.24) is 10.2 Å². The second-order valence-electron chi connectivity index (χ2n) is 7.05. The quantitative estimate of drug-likeness (QED) is 0.629. The minimum absolute atomic E-state index is 0.0788. The Bertz CT molecular complexity index is 1000. The highest BCUT2D eigenvalue weighted by Crippen LogP contribution is 2.23. The Kier molecular flexibility index (Phi) is 6.09. The van der Waals surface area contributed by atoms with Gasteiger partial charge in [-0.3, -0.25) is 9.59 Å². The number of carbonyl (C=O) groups is 2. The number of thiophene rings is 1. The molecule has 1 atom stereocenters. The second kappa shape index (κ2) is 9.09. The summed E-state index contributed by atoms with van der Waals surface area (Å²) < 4.78 is 18.6. The van der Waals surface area contributed by atoms with Crippen molar-refractivity contribution in [3.05, 3.63) is 82.3 Å². The summed E-state index contributed by atoms with van der Waals surface area (Å²) in [6.07, 6.45) is 1.50. The fourth-order valence-corrected chi connectivity index (χ4v) is 4.12. The molecule has 1 N–H and O–H groups in total. The van der Waals surface area contributed by atoms with Crippen LogP contribution in [0, 0.1) is 5.82 Å². The fraction of sp³-hybridized carbons (Fsp3) is 0.217. The lowest BCUT2D eigenvalue weighted by Gasteiger charge is -2.23. The zero-order chi connectivity index (χ0) is 20.9. The van der Waals surface area contributed by atoms with Crippen LogP contribution in [0.15, 0.2) is 66.0 Å². The summed E-state index contributed by atoms with van der Waals surface area (Å²) in [6, 6.07) is 16.3. The minimum Gasteiger partial charge on any atom is -0.457 e. The summed E-state index contributed by atoms with van der Waals surface area (Å²) in [6.45, 7) is 0.970. The van der Waals surface area contributed by atoms with Crippen LogP contribution in [0.4, 0.5) is 4.39 Å². The van der Waals surface area contributed by atoms with E-state index < -0.39 is 6.04 Å². The number of ether oxygens (including phenoxy) is 1. The van der Waals surface area contributed by atoms with Crippen LogP contribution in [0.25, 0.3) is 0 Å². The molecule has 1 aliphatic rings. The van der Waals surface area contributed by atoms with Gasteiger partial charge in [0.25, 0.3) is 5.91 Å². The summed E-state index contributed by atoms with van der Waals surface area (Å²) in [7, 11) is 0. The molecule has 0 bridgehead atoms. The monoisotopic (exact) mass is 424 g/mol. The Morgan fingerprint density at radius 2 is 1.77 bits per heavy atom. The Balaban J connectivity index is 1.32. The van der Waals surface area contributed by atoms with E-state index in [0.29, 0.717) is 35.9 Å². The van der Waals surface area contributed by atoms with Crippen molar-refractivity contribution in [2.24, 2.45) is 0 Å². The molecular formula is C23H21FN2O3S. The van der Waals surface area contributed by atoms with Gasteiger partial charge >= 0.3 is 0 Å². The molecule has 1 fully saturated rings. The minimum atomic E-state index is -0.430. The van der Waals surface area contributed by atoms with Gasteiger partial charge in [-0.25, -0.2) is 4.39 Å². The first kappa shape index (κ1) is 20.1. The van der Waals surface area contributed by atoms with Crippen LogP contribution in [-0.2, 0) is 11.3 Å². The number of nitrogens with one attached hydrogen (secondary N) is 1. The molecule has 0 radical (unpaired) electrons. The maximum atomic E-state index is 13.0. The van der Waals surface area contributed by atoms with Gasteiger partial charge in [0.15, 0.2) is 0 Å². The lowest BCUT2D eigenvalue weighted by Crippen LogP contribution is -2.45. The van der Waals surface area contributed by atoms with Gasteiger partial charge in [0.05, 0.1) is 4.88 Å². The number of hydrogen-bond donors (Lipinski definition) is 1. The SMILES string of the molecule is O=C(NCc1ccc(Oc2ccc(F)cc2)cc1)[C@H]1CCCN1C(=O)c1cccs1. The predicted octanol–water partition coefficient (Wildman–Crippen LogP) is 4.60. The number of hydrogen-bond acceptors (Lipinski definition) is 4. The molecule has 3 aromatic rings. The molecule has 0 spiro atoms. The molecule has 0 saturated carbocycles. The number of halogens is 1. The molecule has 2 aromatic carbocycles. The number of likely N-dealkylation sites (tertiary alicyclic amines) is 1. The molecule has 30 heavy (non-hydrogen) atoms. The number of carbonyl (C=O) groups excluding carboxylic acids is 2. The predicted molar refractivity (Wildman–Crippen MR) is 113 cm³/mol. The Hall–Kier alpha value is -3.19. The first-order valence-electron chi connectivity index (χ1n) is 9.75. The Labute approximate surface area is 178 Å². The van der Waals surface area contributed by atoms with Crippen LogP contribution in [0.3, 0.4) is 0 Å². The van der Waals surface area contributed by atoms with Crippen molar-refractivity contribution < 1.29 is 18.7 Å². The third kappa shape index (κ3) is 4.68. The Morgan fingerprint density at radius 1 is 1.07 bits per heavy atom. The van der Waals surface area contributed by atoms with E-state index >= 15 is 0 Å². The average molecular weight is 424 g/mol. The zero-order valence-corrected chi connectivity index (χ0v) is 17.0. The van der Waals surface area contributed by atoms with Gasteiger partial charge in [0.1, 0.15) is 23.4 Å². The van der Waals surface area contributed by atoms with E-state index in [2.05, 4.69) is 5.32 Å². The smallest absolute Gasteiger partial charge is 0.264 e. The van der Waals surface area contributed by atoms with Crippen molar-refractivity contribution in [3.8, 4) is 11.5 Å². The second-order valence-corrected chi connectivity index (χ2v) is 8.00. The van der Waals surface area contributed by atoms with Crippen LogP contribution in [-0.4, -0.2) is 29.3 Å². The molecule has 1 aliphatic heterocycles. The molecule has 1 saturated heterocycles. The van der Waals surface area contributed by atoms with E-state index in [9.17, 15) is 14.0 Å². The van der Waals surface area contributed by atoms with Crippen LogP contribution >= 0.6 is 11.3 Å². The highest BCUT2D eigenvalue weighted by Gasteiger charge is 2.34. The summed E-state index contributed by atoms with van der Waals surface area (Å²) in [5, 5.41) is 4.80. The lowest BCUT2D eigenvalue weighted by atomic mass is 10.1. The van der Waals surface area contributed by atoms with E-state index in [1.54, 1.807) is 35.2 Å². The lowest BCUT2D eigenvalue weighted by molar-refractivity contribution is -0.125. The van der Waals surface area contributed by atoms with E-state index in [1.165, 1.54) is 23.5 Å².